The van der Waals surface area contributed by atoms with Gasteiger partial charge in [0, 0.05) is 17.4 Å². The molecule has 1 aliphatic heterocycles. The molecule has 2 amide bonds. The summed E-state index contributed by atoms with van der Waals surface area (Å²) in [6, 6.07) is 7.46. The van der Waals surface area contributed by atoms with E-state index < -0.39 is 5.25 Å². The second-order valence-electron chi connectivity index (χ2n) is 4.15. The first-order valence-electron chi connectivity index (χ1n) is 6.17. The fourth-order valence-corrected chi connectivity index (χ4v) is 2.92. The molecule has 0 bridgehead atoms. The van der Waals surface area contributed by atoms with Crippen molar-refractivity contribution >= 4 is 50.4 Å². The van der Waals surface area contributed by atoms with Gasteiger partial charge in [-0.05, 0) is 31.2 Å². The third-order valence-electron chi connectivity index (χ3n) is 2.58. The van der Waals surface area contributed by atoms with Crippen LogP contribution in [0.5, 0.6) is 0 Å². The molecule has 1 aromatic rings. The highest BCUT2D eigenvalue weighted by Crippen LogP contribution is 2.25. The third kappa shape index (κ3) is 4.08. The Labute approximate surface area is 129 Å². The van der Waals surface area contributed by atoms with Crippen LogP contribution in [0.15, 0.2) is 33.7 Å². The largest absolute Gasteiger partial charge is 0.356 e. The summed E-state index contributed by atoms with van der Waals surface area (Å²) in [5, 5.41) is 5.51. The van der Waals surface area contributed by atoms with Gasteiger partial charge < -0.3 is 10.6 Å². The Morgan fingerprint density at radius 2 is 2.15 bits per heavy atom. The van der Waals surface area contributed by atoms with Crippen LogP contribution in [-0.2, 0) is 9.59 Å². The lowest BCUT2D eigenvalue weighted by atomic mass is 10.2. The highest BCUT2D eigenvalue weighted by atomic mass is 79.9. The van der Waals surface area contributed by atoms with Crippen LogP contribution in [0, 0.1) is 0 Å². The van der Waals surface area contributed by atoms with E-state index in [2.05, 4.69) is 31.6 Å². The molecule has 0 radical (unpaired) electrons. The van der Waals surface area contributed by atoms with Gasteiger partial charge in [0.2, 0.25) is 11.8 Å². The standard InChI is InChI=1S/C13H14BrN3O2S/c1-2-15-11(18)7-10-12(19)17-13(20-10)16-9-5-3-8(14)4-6-9/h3-6,10H,2,7H2,1H3,(H,15,18)(H,16,17,19). The number of thioether (sulfide) groups is 1. The highest BCUT2D eigenvalue weighted by Gasteiger charge is 2.31. The normalized spacial score (nSPS) is 20.0. The van der Waals surface area contributed by atoms with Gasteiger partial charge in [0.1, 0.15) is 5.25 Å². The lowest BCUT2D eigenvalue weighted by Gasteiger charge is -2.04. The second kappa shape index (κ2) is 6.90. The van der Waals surface area contributed by atoms with E-state index in [-0.39, 0.29) is 18.2 Å². The average Bonchev–Trinajstić information content (AvgIpc) is 2.73. The molecule has 2 rings (SSSR count). The summed E-state index contributed by atoms with van der Waals surface area (Å²) in [6.45, 7) is 2.41. The van der Waals surface area contributed by atoms with Gasteiger partial charge in [0.05, 0.1) is 5.69 Å². The number of hydrogen-bond donors (Lipinski definition) is 2. The number of carbonyl (C=O) groups is 2. The molecule has 7 heteroatoms. The van der Waals surface area contributed by atoms with Crippen molar-refractivity contribution in [2.75, 3.05) is 6.54 Å². The monoisotopic (exact) mass is 355 g/mol. The number of benzene rings is 1. The van der Waals surface area contributed by atoms with Crippen molar-refractivity contribution in [2.24, 2.45) is 4.99 Å². The van der Waals surface area contributed by atoms with Crippen LogP contribution in [0.1, 0.15) is 13.3 Å². The highest BCUT2D eigenvalue weighted by molar-refractivity contribution is 9.10. The molecular weight excluding hydrogens is 342 g/mol. The molecule has 0 saturated carbocycles. The van der Waals surface area contributed by atoms with Crippen molar-refractivity contribution in [1.29, 1.82) is 0 Å². The van der Waals surface area contributed by atoms with Crippen LogP contribution < -0.4 is 10.6 Å². The van der Waals surface area contributed by atoms with E-state index >= 15 is 0 Å². The molecule has 0 aromatic heterocycles. The van der Waals surface area contributed by atoms with Crippen LogP contribution >= 0.6 is 27.7 Å². The van der Waals surface area contributed by atoms with Crippen molar-refractivity contribution in [2.45, 2.75) is 18.6 Å². The number of carbonyl (C=O) groups excluding carboxylic acids is 2. The lowest BCUT2D eigenvalue weighted by molar-refractivity contribution is -0.125. The van der Waals surface area contributed by atoms with Crippen LogP contribution in [-0.4, -0.2) is 28.8 Å². The number of nitrogens with one attached hydrogen (secondary N) is 2. The predicted molar refractivity (Wildman–Crippen MR) is 84.1 cm³/mol. The number of nitrogens with zero attached hydrogens (tertiary/aromatic N) is 1. The van der Waals surface area contributed by atoms with Gasteiger partial charge in [0.25, 0.3) is 0 Å². The van der Waals surface area contributed by atoms with E-state index in [0.29, 0.717) is 11.7 Å². The molecule has 106 valence electrons. The summed E-state index contributed by atoms with van der Waals surface area (Å²) in [7, 11) is 0. The van der Waals surface area contributed by atoms with Gasteiger partial charge in [-0.15, -0.1) is 0 Å². The van der Waals surface area contributed by atoms with Gasteiger partial charge in [-0.1, -0.05) is 27.7 Å². The van der Waals surface area contributed by atoms with Gasteiger partial charge in [-0.25, -0.2) is 4.99 Å². The van der Waals surface area contributed by atoms with Crippen LogP contribution in [0.3, 0.4) is 0 Å². The fraction of sp³-hybridized carbons (Fsp3) is 0.308. The maximum absolute atomic E-state index is 11.8. The molecule has 1 atom stereocenters. The quantitative estimate of drug-likeness (QED) is 0.869. The van der Waals surface area contributed by atoms with Gasteiger partial charge in [0.15, 0.2) is 5.17 Å². The average molecular weight is 356 g/mol. The maximum Gasteiger partial charge on any atom is 0.240 e. The smallest absolute Gasteiger partial charge is 0.240 e. The Morgan fingerprint density at radius 3 is 2.80 bits per heavy atom. The topological polar surface area (TPSA) is 70.6 Å². The number of amidine groups is 1. The molecular formula is C13H14BrN3O2S. The Morgan fingerprint density at radius 1 is 1.45 bits per heavy atom. The first kappa shape index (κ1) is 15.1. The van der Waals surface area contributed by atoms with E-state index in [4.69, 9.17) is 0 Å². The first-order valence-corrected chi connectivity index (χ1v) is 7.84. The van der Waals surface area contributed by atoms with E-state index in [0.717, 1.165) is 10.2 Å². The number of aliphatic imine (C=N–C) groups is 1. The van der Waals surface area contributed by atoms with E-state index in [1.165, 1.54) is 11.8 Å². The summed E-state index contributed by atoms with van der Waals surface area (Å²) in [5.74, 6) is -0.290. The predicted octanol–water partition coefficient (Wildman–Crippen LogP) is 2.19. The maximum atomic E-state index is 11.8. The SMILES string of the molecule is CCNC(=O)CC1SC(=Nc2ccc(Br)cc2)NC1=O. The molecule has 1 aromatic carbocycles. The lowest BCUT2D eigenvalue weighted by Crippen LogP contribution is -2.31. The van der Waals surface area contributed by atoms with Gasteiger partial charge >= 0.3 is 0 Å². The zero-order valence-electron chi connectivity index (χ0n) is 10.9. The molecule has 1 heterocycles. The zero-order valence-corrected chi connectivity index (χ0v) is 13.3. The summed E-state index contributed by atoms with van der Waals surface area (Å²) >= 11 is 4.64. The van der Waals surface area contributed by atoms with Crippen molar-refractivity contribution in [3.05, 3.63) is 28.7 Å². The number of hydrogen-bond acceptors (Lipinski definition) is 4. The van der Waals surface area contributed by atoms with Crippen molar-refractivity contribution in [3.8, 4) is 0 Å². The van der Waals surface area contributed by atoms with Crippen molar-refractivity contribution < 1.29 is 9.59 Å². The molecule has 20 heavy (non-hydrogen) atoms. The molecule has 5 nitrogen and oxygen atoms in total. The van der Waals surface area contributed by atoms with Crippen molar-refractivity contribution in [3.63, 3.8) is 0 Å². The Hall–Kier alpha value is -1.34. The van der Waals surface area contributed by atoms with Crippen LogP contribution in [0.2, 0.25) is 0 Å². The van der Waals surface area contributed by atoms with Gasteiger partial charge in [-0.3, -0.25) is 9.59 Å². The first-order chi connectivity index (χ1) is 9.58. The Balaban J connectivity index is 2.01. The molecule has 2 N–H and O–H groups in total. The molecule has 1 fully saturated rings. The zero-order chi connectivity index (χ0) is 14.5. The van der Waals surface area contributed by atoms with E-state index in [1.807, 2.05) is 31.2 Å². The molecule has 1 unspecified atom stereocenters. The Bertz CT molecular complexity index is 545. The van der Waals surface area contributed by atoms with Crippen LogP contribution in [0.4, 0.5) is 5.69 Å². The van der Waals surface area contributed by atoms with Crippen LogP contribution in [0.25, 0.3) is 0 Å². The number of amides is 2. The summed E-state index contributed by atoms with van der Waals surface area (Å²) < 4.78 is 0.971. The fourth-order valence-electron chi connectivity index (χ4n) is 1.66. The number of rotatable bonds is 4. The number of halogens is 1. The Kier molecular flexibility index (Phi) is 5.19. The molecule has 1 saturated heterocycles. The molecule has 0 aliphatic carbocycles. The van der Waals surface area contributed by atoms with E-state index in [9.17, 15) is 9.59 Å². The van der Waals surface area contributed by atoms with Crippen molar-refractivity contribution in [1.82, 2.24) is 10.6 Å². The minimum atomic E-state index is -0.407. The summed E-state index contributed by atoms with van der Waals surface area (Å²) in [5.41, 5.74) is 0.759. The van der Waals surface area contributed by atoms with Gasteiger partial charge in [-0.2, -0.15) is 0 Å². The van der Waals surface area contributed by atoms with E-state index in [1.54, 1.807) is 0 Å². The minimum absolute atomic E-state index is 0.120. The summed E-state index contributed by atoms with van der Waals surface area (Å²) in [6.07, 6.45) is 0.170. The third-order valence-corrected chi connectivity index (χ3v) is 4.19. The summed E-state index contributed by atoms with van der Waals surface area (Å²) in [4.78, 5) is 27.6. The second-order valence-corrected chi connectivity index (χ2v) is 6.25. The minimum Gasteiger partial charge on any atom is -0.356 e. The molecule has 0 spiro atoms. The molecule has 1 aliphatic rings.